The average Bonchev–Trinajstić information content (AvgIpc) is 3.41. The predicted octanol–water partition coefficient (Wildman–Crippen LogP) is 3.67. The van der Waals surface area contributed by atoms with Gasteiger partial charge in [-0.3, -0.25) is 4.79 Å². The third kappa shape index (κ3) is 3.68. The van der Waals surface area contributed by atoms with Crippen molar-refractivity contribution in [2.45, 2.75) is 19.3 Å². The van der Waals surface area contributed by atoms with E-state index in [1.165, 1.54) is 0 Å². The number of ether oxygens (including phenoxy) is 3. The Bertz CT molecular complexity index is 1050. The van der Waals surface area contributed by atoms with Gasteiger partial charge >= 0.3 is 0 Å². The molecule has 1 amide bonds. The topological polar surface area (TPSA) is 86.9 Å². The van der Waals surface area contributed by atoms with Crippen LogP contribution in [-0.2, 0) is 4.79 Å². The van der Waals surface area contributed by atoms with Gasteiger partial charge in [-0.25, -0.2) is 0 Å². The maximum atomic E-state index is 12.8. The molecule has 8 heteroatoms. The van der Waals surface area contributed by atoms with E-state index in [2.05, 4.69) is 10.1 Å². The molecule has 1 saturated heterocycles. The summed E-state index contributed by atoms with van der Waals surface area (Å²) >= 11 is 0. The molecule has 1 fully saturated rings. The van der Waals surface area contributed by atoms with Gasteiger partial charge in [-0.05, 0) is 31.2 Å². The lowest BCUT2D eigenvalue weighted by atomic mass is 10.1. The smallest absolute Gasteiger partial charge is 0.232 e. The lowest BCUT2D eigenvalue weighted by molar-refractivity contribution is -0.117. The van der Waals surface area contributed by atoms with Gasteiger partial charge in [0.2, 0.25) is 17.6 Å². The van der Waals surface area contributed by atoms with Crippen molar-refractivity contribution in [3.05, 3.63) is 48.4 Å². The molecule has 1 aromatic heterocycles. The van der Waals surface area contributed by atoms with Gasteiger partial charge in [0, 0.05) is 19.0 Å². The third-order valence-electron chi connectivity index (χ3n) is 5.02. The van der Waals surface area contributed by atoms with Crippen LogP contribution in [0.2, 0.25) is 0 Å². The first-order chi connectivity index (χ1) is 14.6. The summed E-state index contributed by atoms with van der Waals surface area (Å²) in [5.74, 6) is 2.55. The normalized spacial score (nSPS) is 16.0. The Morgan fingerprint density at radius 3 is 2.73 bits per heavy atom. The van der Waals surface area contributed by atoms with E-state index in [0.29, 0.717) is 47.8 Å². The van der Waals surface area contributed by atoms with E-state index in [1.807, 2.05) is 31.2 Å². The summed E-state index contributed by atoms with van der Waals surface area (Å²) < 4.78 is 21.9. The van der Waals surface area contributed by atoms with E-state index in [1.54, 1.807) is 37.3 Å². The Labute approximate surface area is 174 Å². The molecule has 1 atom stereocenters. The molecule has 1 aliphatic heterocycles. The lowest BCUT2D eigenvalue weighted by Crippen LogP contribution is -2.24. The first-order valence-corrected chi connectivity index (χ1v) is 9.72. The quantitative estimate of drug-likeness (QED) is 0.588. The van der Waals surface area contributed by atoms with Crippen LogP contribution in [0.15, 0.2) is 47.0 Å². The molecule has 1 aliphatic rings. The second-order valence-electron chi connectivity index (χ2n) is 6.83. The van der Waals surface area contributed by atoms with Crippen molar-refractivity contribution in [3.63, 3.8) is 0 Å². The van der Waals surface area contributed by atoms with Crippen molar-refractivity contribution in [3.8, 4) is 28.6 Å². The summed E-state index contributed by atoms with van der Waals surface area (Å²) in [7, 11) is 3.16. The minimum absolute atomic E-state index is 0.0407. The van der Waals surface area contributed by atoms with Crippen molar-refractivity contribution < 1.29 is 23.5 Å². The fourth-order valence-corrected chi connectivity index (χ4v) is 3.56. The van der Waals surface area contributed by atoms with Gasteiger partial charge in [-0.15, -0.1) is 0 Å². The Kier molecular flexibility index (Phi) is 5.56. The minimum Gasteiger partial charge on any atom is -0.497 e. The number of para-hydroxylation sites is 1. The highest BCUT2D eigenvalue weighted by Crippen LogP contribution is 2.39. The van der Waals surface area contributed by atoms with E-state index < -0.39 is 0 Å². The molecule has 156 valence electrons. The second kappa shape index (κ2) is 8.44. The number of methoxy groups -OCH3 is 2. The van der Waals surface area contributed by atoms with Gasteiger partial charge in [0.25, 0.3) is 0 Å². The zero-order valence-electron chi connectivity index (χ0n) is 17.1. The van der Waals surface area contributed by atoms with Crippen LogP contribution < -0.4 is 19.1 Å². The molecule has 4 rings (SSSR count). The molecule has 8 nitrogen and oxygen atoms in total. The van der Waals surface area contributed by atoms with Crippen molar-refractivity contribution in [1.82, 2.24) is 10.1 Å². The van der Waals surface area contributed by atoms with Gasteiger partial charge < -0.3 is 23.6 Å². The molecule has 3 aromatic rings. The number of carbonyl (C=O) groups is 1. The molecule has 30 heavy (non-hydrogen) atoms. The van der Waals surface area contributed by atoms with Crippen molar-refractivity contribution in [2.24, 2.45) is 0 Å². The monoisotopic (exact) mass is 409 g/mol. The Morgan fingerprint density at radius 2 is 1.97 bits per heavy atom. The number of nitrogens with zero attached hydrogens (tertiary/aromatic N) is 3. The largest absolute Gasteiger partial charge is 0.497 e. The molecule has 0 saturated carbocycles. The van der Waals surface area contributed by atoms with E-state index in [0.717, 1.165) is 5.56 Å². The molecule has 0 N–H and O–H groups in total. The molecular formula is C22H23N3O5. The van der Waals surface area contributed by atoms with Crippen LogP contribution >= 0.6 is 0 Å². The first-order valence-electron chi connectivity index (χ1n) is 9.72. The predicted molar refractivity (Wildman–Crippen MR) is 110 cm³/mol. The maximum absolute atomic E-state index is 12.8. The van der Waals surface area contributed by atoms with Crippen molar-refractivity contribution in [2.75, 3.05) is 32.3 Å². The molecule has 2 aromatic carbocycles. The standard InChI is InChI=1S/C22H23N3O5/c1-4-29-18-8-6-5-7-16(18)21-23-22(30-24-21)14-11-20(26)25(13-14)17-12-15(27-2)9-10-19(17)28-3/h5-10,12,14H,4,11,13H2,1-3H3. The highest BCUT2D eigenvalue weighted by molar-refractivity contribution is 5.98. The van der Waals surface area contributed by atoms with Crippen LogP contribution in [0.4, 0.5) is 5.69 Å². The first kappa shape index (κ1) is 19.8. The Morgan fingerprint density at radius 1 is 1.13 bits per heavy atom. The molecule has 0 bridgehead atoms. The van der Waals surface area contributed by atoms with Crippen LogP contribution in [0.5, 0.6) is 17.2 Å². The summed E-state index contributed by atoms with van der Waals surface area (Å²) in [6, 6.07) is 12.9. The van der Waals surface area contributed by atoms with Crippen molar-refractivity contribution >= 4 is 11.6 Å². The number of rotatable bonds is 7. The maximum Gasteiger partial charge on any atom is 0.232 e. The van der Waals surface area contributed by atoms with Gasteiger partial charge in [-0.2, -0.15) is 4.98 Å². The van der Waals surface area contributed by atoms with Crippen LogP contribution in [0.3, 0.4) is 0 Å². The summed E-state index contributed by atoms with van der Waals surface area (Å²) in [5, 5.41) is 4.12. The molecule has 0 radical (unpaired) electrons. The number of carbonyl (C=O) groups excluding carboxylic acids is 1. The molecule has 2 heterocycles. The summed E-state index contributed by atoms with van der Waals surface area (Å²) in [4.78, 5) is 19.0. The number of anilines is 1. The van der Waals surface area contributed by atoms with E-state index in [4.69, 9.17) is 18.7 Å². The van der Waals surface area contributed by atoms with Crippen LogP contribution in [0.1, 0.15) is 25.2 Å². The van der Waals surface area contributed by atoms with Gasteiger partial charge in [0.1, 0.15) is 17.2 Å². The molecule has 0 aliphatic carbocycles. The third-order valence-corrected chi connectivity index (χ3v) is 5.02. The van der Waals surface area contributed by atoms with Crippen LogP contribution in [-0.4, -0.2) is 43.4 Å². The average molecular weight is 409 g/mol. The Hall–Kier alpha value is -3.55. The minimum atomic E-state index is -0.214. The second-order valence-corrected chi connectivity index (χ2v) is 6.83. The molecule has 0 spiro atoms. The molecule has 1 unspecified atom stereocenters. The number of hydrogen-bond donors (Lipinski definition) is 0. The van der Waals surface area contributed by atoms with E-state index in [9.17, 15) is 4.79 Å². The SMILES string of the molecule is CCOc1ccccc1-c1noc(C2CC(=O)N(c3cc(OC)ccc3OC)C2)n1. The fourth-order valence-electron chi connectivity index (χ4n) is 3.56. The zero-order valence-corrected chi connectivity index (χ0v) is 17.1. The summed E-state index contributed by atoms with van der Waals surface area (Å²) in [6.07, 6.45) is 0.273. The van der Waals surface area contributed by atoms with E-state index >= 15 is 0 Å². The number of aromatic nitrogens is 2. The van der Waals surface area contributed by atoms with Crippen LogP contribution in [0.25, 0.3) is 11.4 Å². The number of benzene rings is 2. The van der Waals surface area contributed by atoms with Crippen molar-refractivity contribution in [1.29, 1.82) is 0 Å². The molecular weight excluding hydrogens is 386 g/mol. The Balaban J connectivity index is 1.59. The summed E-state index contributed by atoms with van der Waals surface area (Å²) in [5.41, 5.74) is 1.41. The number of amides is 1. The highest BCUT2D eigenvalue weighted by Gasteiger charge is 2.36. The highest BCUT2D eigenvalue weighted by atomic mass is 16.5. The van der Waals surface area contributed by atoms with Crippen LogP contribution in [0, 0.1) is 0 Å². The fraction of sp³-hybridized carbons (Fsp3) is 0.318. The summed E-state index contributed by atoms with van der Waals surface area (Å²) in [6.45, 7) is 2.87. The van der Waals surface area contributed by atoms with Gasteiger partial charge in [0.15, 0.2) is 0 Å². The number of hydrogen-bond acceptors (Lipinski definition) is 7. The lowest BCUT2D eigenvalue weighted by Gasteiger charge is -2.20. The zero-order chi connectivity index (χ0) is 21.1. The van der Waals surface area contributed by atoms with E-state index in [-0.39, 0.29) is 18.2 Å². The van der Waals surface area contributed by atoms with Gasteiger partial charge in [0.05, 0.1) is 38.0 Å². The van der Waals surface area contributed by atoms with Gasteiger partial charge in [-0.1, -0.05) is 17.3 Å².